The SMILES string of the molecule is CCOc1ccc(NC(C)C(=O)N2CCCC2)cc1F. The molecule has 1 unspecified atom stereocenters. The van der Waals surface area contributed by atoms with Crippen LogP contribution < -0.4 is 10.1 Å². The van der Waals surface area contributed by atoms with Crippen LogP contribution in [0.2, 0.25) is 0 Å². The second-order valence-corrected chi connectivity index (χ2v) is 4.98. The highest BCUT2D eigenvalue weighted by molar-refractivity contribution is 5.84. The lowest BCUT2D eigenvalue weighted by atomic mass is 10.2. The molecule has 0 aliphatic carbocycles. The molecule has 1 aliphatic heterocycles. The van der Waals surface area contributed by atoms with Gasteiger partial charge < -0.3 is 15.0 Å². The van der Waals surface area contributed by atoms with Crippen LogP contribution in [0.15, 0.2) is 18.2 Å². The fourth-order valence-corrected chi connectivity index (χ4v) is 2.39. The van der Waals surface area contributed by atoms with Gasteiger partial charge in [-0.1, -0.05) is 0 Å². The summed E-state index contributed by atoms with van der Waals surface area (Å²) in [6.07, 6.45) is 2.13. The van der Waals surface area contributed by atoms with Crippen molar-refractivity contribution >= 4 is 11.6 Å². The summed E-state index contributed by atoms with van der Waals surface area (Å²) in [7, 11) is 0. The van der Waals surface area contributed by atoms with E-state index < -0.39 is 5.82 Å². The van der Waals surface area contributed by atoms with Crippen LogP contribution in [0.3, 0.4) is 0 Å². The molecule has 2 rings (SSSR count). The number of nitrogens with zero attached hydrogens (tertiary/aromatic N) is 1. The predicted octanol–water partition coefficient (Wildman–Crippen LogP) is 2.65. The smallest absolute Gasteiger partial charge is 0.244 e. The largest absolute Gasteiger partial charge is 0.491 e. The molecular formula is C15H21FN2O2. The second-order valence-electron chi connectivity index (χ2n) is 4.98. The molecule has 110 valence electrons. The number of carbonyl (C=O) groups excluding carboxylic acids is 1. The molecule has 0 radical (unpaired) electrons. The van der Waals surface area contributed by atoms with E-state index in [1.54, 1.807) is 19.1 Å². The highest BCUT2D eigenvalue weighted by Crippen LogP contribution is 2.22. The molecule has 0 spiro atoms. The van der Waals surface area contributed by atoms with E-state index in [2.05, 4.69) is 5.32 Å². The Morgan fingerprint density at radius 2 is 2.15 bits per heavy atom. The molecule has 0 aromatic heterocycles. The second kappa shape index (κ2) is 6.59. The van der Waals surface area contributed by atoms with Gasteiger partial charge in [-0.15, -0.1) is 0 Å². The first kappa shape index (κ1) is 14.6. The number of halogens is 1. The van der Waals surface area contributed by atoms with Crippen LogP contribution in [-0.2, 0) is 4.79 Å². The lowest BCUT2D eigenvalue weighted by molar-refractivity contribution is -0.130. The number of benzene rings is 1. The fraction of sp³-hybridized carbons (Fsp3) is 0.533. The Hall–Kier alpha value is -1.78. The number of rotatable bonds is 5. The van der Waals surface area contributed by atoms with Gasteiger partial charge in [0.25, 0.3) is 0 Å². The standard InChI is InChI=1S/C15H21FN2O2/c1-3-20-14-7-6-12(10-13(14)16)17-11(2)15(19)18-8-4-5-9-18/h6-7,10-11,17H,3-5,8-9H2,1-2H3. The Labute approximate surface area is 118 Å². The number of carbonyl (C=O) groups is 1. The zero-order valence-electron chi connectivity index (χ0n) is 12.0. The topological polar surface area (TPSA) is 41.6 Å². The van der Waals surface area contributed by atoms with Crippen molar-refractivity contribution < 1.29 is 13.9 Å². The molecule has 1 heterocycles. The first-order chi connectivity index (χ1) is 9.61. The van der Waals surface area contributed by atoms with Crippen LogP contribution in [0.4, 0.5) is 10.1 Å². The number of hydrogen-bond donors (Lipinski definition) is 1. The molecule has 1 fully saturated rings. The number of hydrogen-bond acceptors (Lipinski definition) is 3. The Morgan fingerprint density at radius 1 is 1.45 bits per heavy atom. The fourth-order valence-electron chi connectivity index (χ4n) is 2.39. The van der Waals surface area contributed by atoms with Crippen molar-refractivity contribution in [1.29, 1.82) is 0 Å². The Morgan fingerprint density at radius 3 is 2.75 bits per heavy atom. The highest BCUT2D eigenvalue weighted by Gasteiger charge is 2.23. The minimum atomic E-state index is -0.419. The molecular weight excluding hydrogens is 259 g/mol. The molecule has 1 aromatic rings. The number of ether oxygens (including phenoxy) is 1. The van der Waals surface area contributed by atoms with Crippen molar-refractivity contribution in [2.75, 3.05) is 25.0 Å². The zero-order chi connectivity index (χ0) is 14.5. The van der Waals surface area contributed by atoms with Gasteiger partial charge in [0.2, 0.25) is 5.91 Å². The van der Waals surface area contributed by atoms with Crippen LogP contribution in [0.5, 0.6) is 5.75 Å². The lowest BCUT2D eigenvalue weighted by Gasteiger charge is -2.22. The molecule has 1 atom stereocenters. The summed E-state index contributed by atoms with van der Waals surface area (Å²) in [5.41, 5.74) is 0.589. The van der Waals surface area contributed by atoms with Gasteiger partial charge in [-0.2, -0.15) is 0 Å². The minimum Gasteiger partial charge on any atom is -0.491 e. The molecule has 20 heavy (non-hydrogen) atoms. The van der Waals surface area contributed by atoms with Crippen molar-refractivity contribution in [1.82, 2.24) is 4.90 Å². The maximum absolute atomic E-state index is 13.7. The molecule has 0 bridgehead atoms. The van der Waals surface area contributed by atoms with Gasteiger partial charge in [0.15, 0.2) is 11.6 Å². The third-order valence-corrected chi connectivity index (χ3v) is 3.40. The highest BCUT2D eigenvalue weighted by atomic mass is 19.1. The number of likely N-dealkylation sites (tertiary alicyclic amines) is 1. The minimum absolute atomic E-state index is 0.0665. The number of nitrogens with one attached hydrogen (secondary N) is 1. The van der Waals surface area contributed by atoms with Gasteiger partial charge in [-0.05, 0) is 38.8 Å². The average molecular weight is 280 g/mol. The van der Waals surface area contributed by atoms with Gasteiger partial charge >= 0.3 is 0 Å². The van der Waals surface area contributed by atoms with Crippen LogP contribution in [-0.4, -0.2) is 36.5 Å². The molecule has 0 saturated carbocycles. The molecule has 1 amide bonds. The monoisotopic (exact) mass is 280 g/mol. The molecule has 1 N–H and O–H groups in total. The molecule has 4 nitrogen and oxygen atoms in total. The van der Waals surface area contributed by atoms with Crippen LogP contribution in [0.1, 0.15) is 26.7 Å². The number of amides is 1. The molecule has 1 aliphatic rings. The van der Waals surface area contributed by atoms with Gasteiger partial charge in [-0.3, -0.25) is 4.79 Å². The van der Waals surface area contributed by atoms with E-state index in [4.69, 9.17) is 4.74 Å². The molecule has 5 heteroatoms. The maximum Gasteiger partial charge on any atom is 0.244 e. The Bertz CT molecular complexity index is 473. The van der Waals surface area contributed by atoms with Gasteiger partial charge in [0.05, 0.1) is 6.61 Å². The van der Waals surface area contributed by atoms with Gasteiger partial charge in [0, 0.05) is 24.8 Å². The van der Waals surface area contributed by atoms with E-state index in [0.717, 1.165) is 25.9 Å². The third-order valence-electron chi connectivity index (χ3n) is 3.40. The number of anilines is 1. The van der Waals surface area contributed by atoms with Crippen molar-refractivity contribution in [2.24, 2.45) is 0 Å². The van der Waals surface area contributed by atoms with E-state index >= 15 is 0 Å². The summed E-state index contributed by atoms with van der Waals surface area (Å²) in [4.78, 5) is 14.0. The average Bonchev–Trinajstić information content (AvgIpc) is 2.95. The lowest BCUT2D eigenvalue weighted by Crippen LogP contribution is -2.39. The van der Waals surface area contributed by atoms with Crippen molar-refractivity contribution in [2.45, 2.75) is 32.7 Å². The van der Waals surface area contributed by atoms with Crippen molar-refractivity contribution in [3.63, 3.8) is 0 Å². The summed E-state index contributed by atoms with van der Waals surface area (Å²) < 4.78 is 18.9. The quantitative estimate of drug-likeness (QED) is 0.901. The van der Waals surface area contributed by atoms with E-state index in [0.29, 0.717) is 12.3 Å². The Balaban J connectivity index is 1.98. The van der Waals surface area contributed by atoms with E-state index in [-0.39, 0.29) is 17.7 Å². The van der Waals surface area contributed by atoms with E-state index in [9.17, 15) is 9.18 Å². The first-order valence-corrected chi connectivity index (χ1v) is 7.09. The van der Waals surface area contributed by atoms with Crippen LogP contribution in [0, 0.1) is 5.82 Å². The maximum atomic E-state index is 13.7. The van der Waals surface area contributed by atoms with Gasteiger partial charge in [0.1, 0.15) is 6.04 Å². The molecule has 1 aromatic carbocycles. The van der Waals surface area contributed by atoms with Crippen molar-refractivity contribution in [3.05, 3.63) is 24.0 Å². The van der Waals surface area contributed by atoms with Gasteiger partial charge in [-0.25, -0.2) is 4.39 Å². The first-order valence-electron chi connectivity index (χ1n) is 7.09. The van der Waals surface area contributed by atoms with E-state index in [1.165, 1.54) is 6.07 Å². The Kier molecular flexibility index (Phi) is 4.82. The summed E-state index contributed by atoms with van der Waals surface area (Å²) >= 11 is 0. The summed E-state index contributed by atoms with van der Waals surface area (Å²) in [5, 5.41) is 3.04. The van der Waals surface area contributed by atoms with Crippen LogP contribution in [0.25, 0.3) is 0 Å². The summed E-state index contributed by atoms with van der Waals surface area (Å²) in [5.74, 6) is -0.119. The summed E-state index contributed by atoms with van der Waals surface area (Å²) in [6.45, 7) is 5.68. The van der Waals surface area contributed by atoms with Crippen molar-refractivity contribution in [3.8, 4) is 5.75 Å². The molecule has 1 saturated heterocycles. The zero-order valence-corrected chi connectivity index (χ0v) is 12.0. The van der Waals surface area contributed by atoms with E-state index in [1.807, 2.05) is 11.8 Å². The normalized spacial score (nSPS) is 16.1. The predicted molar refractivity (Wildman–Crippen MR) is 76.5 cm³/mol. The van der Waals surface area contributed by atoms with Crippen LogP contribution >= 0.6 is 0 Å². The third kappa shape index (κ3) is 3.40. The summed E-state index contributed by atoms with van der Waals surface area (Å²) in [6, 6.07) is 4.31.